The van der Waals surface area contributed by atoms with Crippen LogP contribution in [0.2, 0.25) is 0 Å². The molecule has 0 aromatic rings. The fourth-order valence-electron chi connectivity index (χ4n) is 2.74. The summed E-state index contributed by atoms with van der Waals surface area (Å²) in [4.78, 5) is 12.2. The molecule has 20 heavy (non-hydrogen) atoms. The average molecular weight is 304 g/mol. The molecule has 1 amide bonds. The van der Waals surface area contributed by atoms with Crippen LogP contribution in [0.1, 0.15) is 27.2 Å². The van der Waals surface area contributed by atoms with Crippen molar-refractivity contribution in [2.45, 2.75) is 39.4 Å². The van der Waals surface area contributed by atoms with E-state index in [2.05, 4.69) is 5.32 Å². The number of fused-ring (bicyclic) bond motifs is 2. The van der Waals surface area contributed by atoms with Gasteiger partial charge in [0.2, 0.25) is 15.9 Å². The van der Waals surface area contributed by atoms with Crippen molar-refractivity contribution in [3.8, 4) is 0 Å². The van der Waals surface area contributed by atoms with Gasteiger partial charge in [-0.25, -0.2) is 8.42 Å². The number of morpholine rings is 1. The van der Waals surface area contributed by atoms with Gasteiger partial charge in [0.05, 0.1) is 23.9 Å². The molecule has 2 bridgehead atoms. The van der Waals surface area contributed by atoms with Crippen LogP contribution >= 0.6 is 0 Å². The Morgan fingerprint density at radius 1 is 1.40 bits per heavy atom. The van der Waals surface area contributed by atoms with Crippen LogP contribution in [0.4, 0.5) is 0 Å². The Morgan fingerprint density at radius 3 is 2.70 bits per heavy atom. The van der Waals surface area contributed by atoms with Crippen molar-refractivity contribution in [2.75, 3.05) is 25.4 Å². The second-order valence-corrected chi connectivity index (χ2v) is 8.25. The summed E-state index contributed by atoms with van der Waals surface area (Å²) in [6.45, 7) is 7.04. The predicted octanol–water partition coefficient (Wildman–Crippen LogP) is 0.198. The van der Waals surface area contributed by atoms with Gasteiger partial charge in [0.25, 0.3) is 0 Å². The maximum atomic E-state index is 12.2. The normalized spacial score (nSPS) is 30.7. The van der Waals surface area contributed by atoms with Crippen LogP contribution in [0.25, 0.3) is 0 Å². The molecule has 2 aliphatic heterocycles. The first-order valence-corrected chi connectivity index (χ1v) is 8.85. The van der Waals surface area contributed by atoms with E-state index in [1.54, 1.807) is 6.92 Å². The molecule has 2 fully saturated rings. The number of hydrogen-bond donors (Lipinski definition) is 1. The quantitative estimate of drug-likeness (QED) is 0.787. The van der Waals surface area contributed by atoms with E-state index < -0.39 is 10.0 Å². The summed E-state index contributed by atoms with van der Waals surface area (Å²) >= 11 is 0. The first-order chi connectivity index (χ1) is 9.33. The van der Waals surface area contributed by atoms with E-state index in [0.717, 1.165) is 0 Å². The maximum Gasteiger partial charge on any atom is 0.225 e. The number of nitrogens with zero attached hydrogens (tertiary/aromatic N) is 1. The zero-order valence-electron chi connectivity index (χ0n) is 12.3. The summed E-state index contributed by atoms with van der Waals surface area (Å²) in [5.74, 6) is 0.256. The van der Waals surface area contributed by atoms with Crippen molar-refractivity contribution in [1.82, 2.24) is 9.62 Å². The molecule has 2 rings (SSSR count). The highest BCUT2D eigenvalue weighted by molar-refractivity contribution is 7.89. The van der Waals surface area contributed by atoms with Gasteiger partial charge in [-0.1, -0.05) is 13.8 Å². The molecule has 0 aliphatic carbocycles. The van der Waals surface area contributed by atoms with E-state index >= 15 is 0 Å². The van der Waals surface area contributed by atoms with E-state index in [1.807, 2.05) is 13.8 Å². The van der Waals surface area contributed by atoms with Crippen LogP contribution < -0.4 is 5.32 Å². The molecule has 7 heteroatoms. The van der Waals surface area contributed by atoms with Crippen LogP contribution in [0.3, 0.4) is 0 Å². The maximum absolute atomic E-state index is 12.2. The fourth-order valence-corrected chi connectivity index (χ4v) is 3.88. The van der Waals surface area contributed by atoms with Gasteiger partial charge < -0.3 is 10.1 Å². The van der Waals surface area contributed by atoms with Crippen molar-refractivity contribution in [3.63, 3.8) is 0 Å². The molecule has 2 aliphatic rings. The largest absolute Gasteiger partial charge is 0.371 e. The number of ether oxygens (including phenoxy) is 1. The van der Waals surface area contributed by atoms with Crippen LogP contribution in [-0.2, 0) is 19.6 Å². The molecule has 0 unspecified atom stereocenters. The molecule has 1 N–H and O–H groups in total. The topological polar surface area (TPSA) is 75.7 Å². The smallest absolute Gasteiger partial charge is 0.225 e. The summed E-state index contributed by atoms with van der Waals surface area (Å²) in [5, 5.41) is 2.92. The lowest BCUT2D eigenvalue weighted by Crippen LogP contribution is -2.48. The van der Waals surface area contributed by atoms with E-state index in [0.29, 0.717) is 32.0 Å². The molecule has 0 aromatic heterocycles. The lowest BCUT2D eigenvalue weighted by Gasteiger charge is -2.31. The van der Waals surface area contributed by atoms with Crippen molar-refractivity contribution in [3.05, 3.63) is 0 Å². The Labute approximate surface area is 120 Å². The lowest BCUT2D eigenvalue weighted by atomic mass is 9.99. The summed E-state index contributed by atoms with van der Waals surface area (Å²) in [7, 11) is -3.20. The number of nitrogens with one attached hydrogen (secondary N) is 1. The molecule has 0 aromatic carbocycles. The Kier molecular flexibility index (Phi) is 4.71. The highest BCUT2D eigenvalue weighted by Crippen LogP contribution is 2.33. The molecule has 3 atom stereocenters. The molecule has 0 spiro atoms. The molecular formula is C13H24N2O4S. The van der Waals surface area contributed by atoms with E-state index in [9.17, 15) is 13.2 Å². The fraction of sp³-hybridized carbons (Fsp3) is 0.923. The van der Waals surface area contributed by atoms with Gasteiger partial charge in [0.1, 0.15) is 0 Å². The summed E-state index contributed by atoms with van der Waals surface area (Å²) in [6, 6.07) is 0. The number of hydrogen-bond acceptors (Lipinski definition) is 4. The first kappa shape index (κ1) is 15.7. The lowest BCUT2D eigenvalue weighted by molar-refractivity contribution is -0.127. The molecule has 116 valence electrons. The highest BCUT2D eigenvalue weighted by Gasteiger charge is 2.46. The molecular weight excluding hydrogens is 280 g/mol. The van der Waals surface area contributed by atoms with Gasteiger partial charge in [0, 0.05) is 19.6 Å². The second-order valence-electron chi connectivity index (χ2n) is 6.00. The summed E-state index contributed by atoms with van der Waals surface area (Å²) < 4.78 is 31.1. The minimum absolute atomic E-state index is 0.0121. The molecule has 0 saturated carbocycles. The van der Waals surface area contributed by atoms with Crippen LogP contribution in [0.5, 0.6) is 0 Å². The van der Waals surface area contributed by atoms with Crippen molar-refractivity contribution in [2.24, 2.45) is 11.8 Å². The van der Waals surface area contributed by atoms with E-state index in [1.165, 1.54) is 4.31 Å². The van der Waals surface area contributed by atoms with Gasteiger partial charge in [-0.15, -0.1) is 0 Å². The summed E-state index contributed by atoms with van der Waals surface area (Å²) in [6.07, 6.45) is 0.164. The number of sulfonamides is 1. The van der Waals surface area contributed by atoms with Crippen LogP contribution in [0, 0.1) is 11.8 Å². The van der Waals surface area contributed by atoms with Crippen molar-refractivity contribution < 1.29 is 17.9 Å². The van der Waals surface area contributed by atoms with Gasteiger partial charge in [-0.2, -0.15) is 4.31 Å². The first-order valence-electron chi connectivity index (χ1n) is 7.24. The molecule has 0 radical (unpaired) electrons. The van der Waals surface area contributed by atoms with Gasteiger partial charge in [-0.3, -0.25) is 4.79 Å². The van der Waals surface area contributed by atoms with Gasteiger partial charge >= 0.3 is 0 Å². The Hall–Kier alpha value is -0.660. The zero-order chi connectivity index (χ0) is 14.9. The minimum Gasteiger partial charge on any atom is -0.371 e. The third kappa shape index (κ3) is 3.32. The van der Waals surface area contributed by atoms with E-state index in [-0.39, 0.29) is 29.8 Å². The molecule has 2 heterocycles. The average Bonchev–Trinajstić information content (AvgIpc) is 2.70. The predicted molar refractivity (Wildman–Crippen MR) is 75.6 cm³/mol. The number of carbonyl (C=O) groups is 1. The highest BCUT2D eigenvalue weighted by atomic mass is 32.2. The Balaban J connectivity index is 1.99. The Morgan fingerprint density at radius 2 is 2.10 bits per heavy atom. The third-order valence-electron chi connectivity index (χ3n) is 3.90. The second kappa shape index (κ2) is 5.99. The number of carbonyl (C=O) groups excluding carboxylic acids is 1. The number of amides is 1. The van der Waals surface area contributed by atoms with Crippen LogP contribution in [-0.4, -0.2) is 56.2 Å². The third-order valence-corrected chi connectivity index (χ3v) is 5.72. The van der Waals surface area contributed by atoms with Crippen molar-refractivity contribution >= 4 is 15.9 Å². The monoisotopic (exact) mass is 304 g/mol. The minimum atomic E-state index is -3.20. The zero-order valence-corrected chi connectivity index (χ0v) is 13.1. The Bertz CT molecular complexity index is 463. The van der Waals surface area contributed by atoms with E-state index in [4.69, 9.17) is 4.74 Å². The number of rotatable bonds is 5. The molecule has 2 saturated heterocycles. The van der Waals surface area contributed by atoms with Crippen molar-refractivity contribution in [1.29, 1.82) is 0 Å². The van der Waals surface area contributed by atoms with Gasteiger partial charge in [0.15, 0.2) is 0 Å². The standard InChI is InChI=1S/C13H24N2O4S/c1-4-20(17,18)15-7-10-5-11(12(8-15)19-10)13(16)14-6-9(2)3/h9-12H,4-8H2,1-3H3,(H,14,16)/t10-,11+,12-/m0/s1. The van der Waals surface area contributed by atoms with Gasteiger partial charge in [-0.05, 0) is 19.3 Å². The summed E-state index contributed by atoms with van der Waals surface area (Å²) in [5.41, 5.74) is 0. The SMILES string of the molecule is CCS(=O)(=O)N1C[C@@H]2C[C@@H](C(=O)NCC(C)C)[C@H](C1)O2. The van der Waals surface area contributed by atoms with Crippen LogP contribution in [0.15, 0.2) is 0 Å². The molecule has 6 nitrogen and oxygen atoms in total.